The number of hydrogen-bond donors (Lipinski definition) is 1. The summed E-state index contributed by atoms with van der Waals surface area (Å²) >= 11 is 1.77. The van der Waals surface area contributed by atoms with Gasteiger partial charge in [-0.3, -0.25) is 4.98 Å². The zero-order chi connectivity index (χ0) is 13.7. The van der Waals surface area contributed by atoms with Gasteiger partial charge in [0.05, 0.1) is 5.69 Å². The first-order valence-corrected chi connectivity index (χ1v) is 7.45. The van der Waals surface area contributed by atoms with Crippen molar-refractivity contribution in [3.63, 3.8) is 0 Å². The van der Waals surface area contributed by atoms with E-state index >= 15 is 0 Å². The number of rotatable bonds is 5. The van der Waals surface area contributed by atoms with Crippen molar-refractivity contribution in [1.29, 1.82) is 0 Å². The molecule has 0 spiro atoms. The topological polar surface area (TPSA) is 24.9 Å². The Labute approximate surface area is 119 Å². The number of aromatic nitrogens is 1. The minimum Gasteiger partial charge on any atom is -0.309 e. The summed E-state index contributed by atoms with van der Waals surface area (Å²) in [6.07, 6.45) is 1.96. The quantitative estimate of drug-likeness (QED) is 0.882. The molecule has 0 aliphatic rings. The average Bonchev–Trinajstić information content (AvgIpc) is 2.42. The molecule has 0 saturated heterocycles. The van der Waals surface area contributed by atoms with Crippen molar-refractivity contribution < 1.29 is 0 Å². The highest BCUT2D eigenvalue weighted by molar-refractivity contribution is 7.99. The third kappa shape index (κ3) is 3.82. The van der Waals surface area contributed by atoms with Gasteiger partial charge in [0.1, 0.15) is 0 Å². The highest BCUT2D eigenvalue weighted by Gasteiger charge is 2.06. The van der Waals surface area contributed by atoms with E-state index in [1.807, 2.05) is 6.20 Å². The number of nitrogens with one attached hydrogen (secondary N) is 1. The van der Waals surface area contributed by atoms with Crippen molar-refractivity contribution in [1.82, 2.24) is 10.3 Å². The molecule has 1 aromatic carbocycles. The van der Waals surface area contributed by atoms with E-state index in [0.29, 0.717) is 6.04 Å². The Morgan fingerprint density at radius 1 is 1.21 bits per heavy atom. The Bertz CT molecular complexity index is 523. The molecule has 0 amide bonds. The van der Waals surface area contributed by atoms with Crippen LogP contribution in [0.15, 0.2) is 52.4 Å². The average molecular weight is 272 g/mol. The summed E-state index contributed by atoms with van der Waals surface area (Å²) < 4.78 is 0. The van der Waals surface area contributed by atoms with Crippen LogP contribution in [0.4, 0.5) is 0 Å². The molecular weight excluding hydrogens is 252 g/mol. The van der Waals surface area contributed by atoms with Crippen molar-refractivity contribution >= 4 is 11.8 Å². The van der Waals surface area contributed by atoms with Gasteiger partial charge in [-0.05, 0) is 44.2 Å². The van der Waals surface area contributed by atoms with Crippen molar-refractivity contribution in [3.8, 4) is 0 Å². The van der Waals surface area contributed by atoms with Crippen LogP contribution < -0.4 is 5.32 Å². The van der Waals surface area contributed by atoms with E-state index in [-0.39, 0.29) is 0 Å². The van der Waals surface area contributed by atoms with Gasteiger partial charge in [0.25, 0.3) is 0 Å². The Balaban J connectivity index is 2.09. The molecular formula is C16H20N2S. The van der Waals surface area contributed by atoms with Crippen LogP contribution in [0.2, 0.25) is 0 Å². The van der Waals surface area contributed by atoms with E-state index in [0.717, 1.165) is 12.2 Å². The first-order valence-electron chi connectivity index (χ1n) is 6.63. The Hall–Kier alpha value is -1.32. The standard InChI is InChI=1S/C16H20N2S/c1-4-17-13(3)15-10-9-14(11-18-15)19-16-8-6-5-7-12(16)2/h5-11,13,17H,4H2,1-3H3. The van der Waals surface area contributed by atoms with Gasteiger partial charge < -0.3 is 5.32 Å². The van der Waals surface area contributed by atoms with Gasteiger partial charge in [0.15, 0.2) is 0 Å². The number of aryl methyl sites for hydroxylation is 1. The van der Waals surface area contributed by atoms with Gasteiger partial charge in [-0.25, -0.2) is 0 Å². The number of nitrogens with zero attached hydrogens (tertiary/aromatic N) is 1. The minimum absolute atomic E-state index is 0.308. The predicted molar refractivity (Wildman–Crippen MR) is 81.6 cm³/mol. The summed E-state index contributed by atoms with van der Waals surface area (Å²) in [7, 11) is 0. The molecule has 2 nitrogen and oxygen atoms in total. The van der Waals surface area contributed by atoms with Crippen LogP contribution in [0.3, 0.4) is 0 Å². The lowest BCUT2D eigenvalue weighted by atomic mass is 10.2. The monoisotopic (exact) mass is 272 g/mol. The van der Waals surface area contributed by atoms with Crippen LogP contribution in [0, 0.1) is 6.92 Å². The molecule has 1 aromatic heterocycles. The van der Waals surface area contributed by atoms with Gasteiger partial charge in [0.2, 0.25) is 0 Å². The highest BCUT2D eigenvalue weighted by Crippen LogP contribution is 2.29. The molecule has 0 aliphatic carbocycles. The maximum Gasteiger partial charge on any atom is 0.0571 e. The van der Waals surface area contributed by atoms with Crippen LogP contribution in [0.1, 0.15) is 31.1 Å². The summed E-state index contributed by atoms with van der Waals surface area (Å²) in [6, 6.07) is 13.0. The van der Waals surface area contributed by atoms with Crippen molar-refractivity contribution in [2.75, 3.05) is 6.54 Å². The SMILES string of the molecule is CCNC(C)c1ccc(Sc2ccccc2C)cn1. The summed E-state index contributed by atoms with van der Waals surface area (Å²) in [5, 5.41) is 3.37. The summed E-state index contributed by atoms with van der Waals surface area (Å²) in [4.78, 5) is 7.01. The van der Waals surface area contributed by atoms with Crippen LogP contribution in [-0.2, 0) is 0 Å². The lowest BCUT2D eigenvalue weighted by Crippen LogP contribution is -2.18. The molecule has 1 N–H and O–H groups in total. The second kappa shape index (κ2) is 6.73. The fraction of sp³-hybridized carbons (Fsp3) is 0.312. The molecule has 2 rings (SSSR count). The number of pyridine rings is 1. The van der Waals surface area contributed by atoms with E-state index in [9.17, 15) is 0 Å². The Kier molecular flexibility index (Phi) is 5.00. The van der Waals surface area contributed by atoms with Crippen LogP contribution in [-0.4, -0.2) is 11.5 Å². The van der Waals surface area contributed by atoms with E-state index in [2.05, 4.69) is 67.5 Å². The second-order valence-corrected chi connectivity index (χ2v) is 5.68. The Morgan fingerprint density at radius 3 is 2.63 bits per heavy atom. The first kappa shape index (κ1) is 14.1. The predicted octanol–water partition coefficient (Wildman–Crippen LogP) is 4.21. The van der Waals surface area contributed by atoms with Crippen LogP contribution in [0.5, 0.6) is 0 Å². The molecule has 19 heavy (non-hydrogen) atoms. The second-order valence-electron chi connectivity index (χ2n) is 4.57. The van der Waals surface area contributed by atoms with Crippen molar-refractivity contribution in [3.05, 3.63) is 53.9 Å². The van der Waals surface area contributed by atoms with Gasteiger partial charge in [-0.15, -0.1) is 0 Å². The largest absolute Gasteiger partial charge is 0.309 e. The molecule has 0 bridgehead atoms. The van der Waals surface area contributed by atoms with Crippen LogP contribution in [0.25, 0.3) is 0 Å². The maximum atomic E-state index is 4.54. The molecule has 100 valence electrons. The molecule has 1 atom stereocenters. The van der Waals surface area contributed by atoms with E-state index < -0.39 is 0 Å². The summed E-state index contributed by atoms with van der Waals surface area (Å²) in [6.45, 7) is 7.35. The zero-order valence-electron chi connectivity index (χ0n) is 11.7. The molecule has 1 heterocycles. The molecule has 2 aromatic rings. The molecule has 1 unspecified atom stereocenters. The maximum absolute atomic E-state index is 4.54. The summed E-state index contributed by atoms with van der Waals surface area (Å²) in [5.41, 5.74) is 2.40. The van der Waals surface area contributed by atoms with Gasteiger partial charge in [0, 0.05) is 22.0 Å². The molecule has 0 fully saturated rings. The minimum atomic E-state index is 0.308. The van der Waals surface area contributed by atoms with E-state index in [4.69, 9.17) is 0 Å². The third-order valence-electron chi connectivity index (χ3n) is 3.03. The fourth-order valence-electron chi connectivity index (χ4n) is 1.92. The normalized spacial score (nSPS) is 12.4. The molecule has 0 saturated carbocycles. The van der Waals surface area contributed by atoms with Gasteiger partial charge in [-0.1, -0.05) is 36.9 Å². The van der Waals surface area contributed by atoms with E-state index in [1.54, 1.807) is 11.8 Å². The molecule has 3 heteroatoms. The van der Waals surface area contributed by atoms with E-state index in [1.165, 1.54) is 15.4 Å². The zero-order valence-corrected chi connectivity index (χ0v) is 12.5. The van der Waals surface area contributed by atoms with Gasteiger partial charge >= 0.3 is 0 Å². The lowest BCUT2D eigenvalue weighted by Gasteiger charge is -2.12. The number of hydrogen-bond acceptors (Lipinski definition) is 3. The lowest BCUT2D eigenvalue weighted by molar-refractivity contribution is 0.582. The third-order valence-corrected chi connectivity index (χ3v) is 4.19. The smallest absolute Gasteiger partial charge is 0.0571 e. The molecule has 0 aliphatic heterocycles. The van der Waals surface area contributed by atoms with Crippen molar-refractivity contribution in [2.45, 2.75) is 36.6 Å². The van der Waals surface area contributed by atoms with Crippen molar-refractivity contribution in [2.24, 2.45) is 0 Å². The fourth-order valence-corrected chi connectivity index (χ4v) is 2.79. The van der Waals surface area contributed by atoms with Crippen LogP contribution >= 0.6 is 11.8 Å². The van der Waals surface area contributed by atoms with Gasteiger partial charge in [-0.2, -0.15) is 0 Å². The Morgan fingerprint density at radius 2 is 2.00 bits per heavy atom. The molecule has 0 radical (unpaired) electrons. The summed E-state index contributed by atoms with van der Waals surface area (Å²) in [5.74, 6) is 0. The highest BCUT2D eigenvalue weighted by atomic mass is 32.2. The first-order chi connectivity index (χ1) is 9.20. The number of benzene rings is 1.